The van der Waals surface area contributed by atoms with E-state index in [2.05, 4.69) is 16.4 Å². The molecule has 2 aromatic carbocycles. The number of para-hydroxylation sites is 2. The highest BCUT2D eigenvalue weighted by Gasteiger charge is 2.31. The molecule has 0 bridgehead atoms. The highest BCUT2D eigenvalue weighted by Crippen LogP contribution is 2.45. The zero-order valence-electron chi connectivity index (χ0n) is 10.4. The van der Waals surface area contributed by atoms with Crippen molar-refractivity contribution in [2.75, 3.05) is 5.32 Å². The Kier molecular flexibility index (Phi) is 2.75. The molecule has 0 radical (unpaired) electrons. The summed E-state index contributed by atoms with van der Waals surface area (Å²) in [6, 6.07) is 15.9. The van der Waals surface area contributed by atoms with Gasteiger partial charge in [-0.05, 0) is 23.8 Å². The van der Waals surface area contributed by atoms with E-state index in [9.17, 15) is 4.79 Å². The van der Waals surface area contributed by atoms with Gasteiger partial charge < -0.3 is 5.32 Å². The molecule has 1 N–H and O–H groups in total. The van der Waals surface area contributed by atoms with Crippen LogP contribution >= 0.6 is 23.1 Å². The van der Waals surface area contributed by atoms with Gasteiger partial charge in [0.1, 0.15) is 5.25 Å². The van der Waals surface area contributed by atoms with Crippen LogP contribution in [0.25, 0.3) is 10.2 Å². The summed E-state index contributed by atoms with van der Waals surface area (Å²) >= 11 is 3.16. The van der Waals surface area contributed by atoms with Crippen molar-refractivity contribution in [3.63, 3.8) is 0 Å². The number of benzene rings is 2. The first-order valence-electron chi connectivity index (χ1n) is 6.23. The van der Waals surface area contributed by atoms with Crippen LogP contribution in [-0.4, -0.2) is 10.9 Å². The van der Waals surface area contributed by atoms with Gasteiger partial charge in [0.05, 0.1) is 10.2 Å². The quantitative estimate of drug-likeness (QED) is 0.775. The molecule has 4 rings (SSSR count). The maximum atomic E-state index is 12.1. The van der Waals surface area contributed by atoms with Crippen LogP contribution in [0.2, 0.25) is 0 Å². The maximum Gasteiger partial charge on any atom is 0.242 e. The molecule has 1 aromatic heterocycles. The van der Waals surface area contributed by atoms with E-state index in [1.165, 1.54) is 11.8 Å². The van der Waals surface area contributed by atoms with Crippen molar-refractivity contribution in [2.45, 2.75) is 9.59 Å². The Bertz CT molecular complexity index is 779. The molecule has 2 heterocycles. The smallest absolute Gasteiger partial charge is 0.242 e. The number of amides is 1. The number of rotatable bonds is 2. The number of hydrogen-bond acceptors (Lipinski definition) is 4. The first kappa shape index (κ1) is 11.9. The molecule has 0 saturated heterocycles. The van der Waals surface area contributed by atoms with Crippen LogP contribution < -0.4 is 5.32 Å². The average molecular weight is 298 g/mol. The summed E-state index contributed by atoms with van der Waals surface area (Å²) < 4.78 is 2.09. The number of fused-ring (bicyclic) bond motifs is 2. The van der Waals surface area contributed by atoms with Gasteiger partial charge in [-0.2, -0.15) is 0 Å². The molecule has 20 heavy (non-hydrogen) atoms. The fourth-order valence-electron chi connectivity index (χ4n) is 2.30. The zero-order chi connectivity index (χ0) is 13.5. The van der Waals surface area contributed by atoms with Gasteiger partial charge in [-0.15, -0.1) is 11.3 Å². The lowest BCUT2D eigenvalue weighted by atomic mass is 10.2. The molecule has 1 atom stereocenters. The van der Waals surface area contributed by atoms with E-state index in [1.54, 1.807) is 11.3 Å². The van der Waals surface area contributed by atoms with Crippen LogP contribution in [-0.2, 0) is 4.79 Å². The second-order valence-electron chi connectivity index (χ2n) is 4.52. The van der Waals surface area contributed by atoms with E-state index in [1.807, 2.05) is 42.5 Å². The van der Waals surface area contributed by atoms with Crippen molar-refractivity contribution in [2.24, 2.45) is 0 Å². The lowest BCUT2D eigenvalue weighted by Crippen LogP contribution is -2.08. The minimum Gasteiger partial charge on any atom is -0.325 e. The second kappa shape index (κ2) is 4.61. The second-order valence-corrected chi connectivity index (χ2v) is 6.90. The molecule has 1 amide bonds. The van der Waals surface area contributed by atoms with Gasteiger partial charge in [0.25, 0.3) is 0 Å². The fraction of sp³-hybridized carbons (Fsp3) is 0.0667. The summed E-state index contributed by atoms with van der Waals surface area (Å²) in [6.07, 6.45) is 0. The molecular weight excluding hydrogens is 288 g/mol. The minimum atomic E-state index is -0.202. The third-order valence-electron chi connectivity index (χ3n) is 3.23. The molecular formula is C15H10N2OS2. The topological polar surface area (TPSA) is 42.0 Å². The van der Waals surface area contributed by atoms with Gasteiger partial charge in [-0.3, -0.25) is 4.79 Å². The van der Waals surface area contributed by atoms with Crippen LogP contribution in [0.3, 0.4) is 0 Å². The Hall–Kier alpha value is -1.85. The van der Waals surface area contributed by atoms with E-state index >= 15 is 0 Å². The Morgan fingerprint density at radius 3 is 2.80 bits per heavy atom. The summed E-state index contributed by atoms with van der Waals surface area (Å²) in [5.41, 5.74) is 2.95. The first-order chi connectivity index (χ1) is 9.81. The molecule has 0 saturated carbocycles. The van der Waals surface area contributed by atoms with Gasteiger partial charge in [0.15, 0.2) is 4.34 Å². The number of nitrogens with zero attached hydrogens (tertiary/aromatic N) is 1. The van der Waals surface area contributed by atoms with Gasteiger partial charge in [0.2, 0.25) is 5.91 Å². The van der Waals surface area contributed by atoms with Gasteiger partial charge in [0, 0.05) is 5.69 Å². The Labute approximate surface area is 124 Å². The molecule has 0 unspecified atom stereocenters. The van der Waals surface area contributed by atoms with E-state index in [-0.39, 0.29) is 11.2 Å². The van der Waals surface area contributed by atoms with E-state index in [0.717, 1.165) is 25.8 Å². The molecule has 98 valence electrons. The summed E-state index contributed by atoms with van der Waals surface area (Å²) in [4.78, 5) is 16.7. The monoisotopic (exact) mass is 298 g/mol. The van der Waals surface area contributed by atoms with Crippen LogP contribution in [0.5, 0.6) is 0 Å². The first-order valence-corrected chi connectivity index (χ1v) is 7.93. The van der Waals surface area contributed by atoms with Crippen LogP contribution in [0, 0.1) is 0 Å². The van der Waals surface area contributed by atoms with Crippen molar-refractivity contribution in [1.29, 1.82) is 0 Å². The maximum absolute atomic E-state index is 12.1. The summed E-state index contributed by atoms with van der Waals surface area (Å²) in [5, 5.41) is 2.72. The molecule has 0 spiro atoms. The number of anilines is 1. The largest absolute Gasteiger partial charge is 0.325 e. The Morgan fingerprint density at radius 1 is 1.10 bits per heavy atom. The SMILES string of the molecule is O=C1Nc2ccccc2[C@H]1Sc1nc2ccccc2s1. The normalized spacial score (nSPS) is 17.2. The van der Waals surface area contributed by atoms with E-state index in [4.69, 9.17) is 0 Å². The van der Waals surface area contributed by atoms with Gasteiger partial charge in [-0.25, -0.2) is 4.98 Å². The van der Waals surface area contributed by atoms with Crippen LogP contribution in [0.15, 0.2) is 52.9 Å². The van der Waals surface area contributed by atoms with Crippen LogP contribution in [0.1, 0.15) is 10.8 Å². The van der Waals surface area contributed by atoms with Crippen molar-refractivity contribution in [1.82, 2.24) is 4.98 Å². The minimum absolute atomic E-state index is 0.0375. The van der Waals surface area contributed by atoms with Crippen molar-refractivity contribution in [3.05, 3.63) is 54.1 Å². The Balaban J connectivity index is 1.70. The van der Waals surface area contributed by atoms with E-state index < -0.39 is 0 Å². The summed E-state index contributed by atoms with van der Waals surface area (Å²) in [6.45, 7) is 0. The fourth-order valence-corrected chi connectivity index (χ4v) is 4.60. The standard InChI is InChI=1S/C15H10N2OS2/c18-14-13(9-5-1-2-6-10(9)16-14)20-15-17-11-7-3-4-8-12(11)19-15/h1-8,13H,(H,16,18)/t13-/m1/s1. The molecule has 5 heteroatoms. The Morgan fingerprint density at radius 2 is 1.90 bits per heavy atom. The summed E-state index contributed by atoms with van der Waals surface area (Å²) in [5.74, 6) is 0.0375. The molecule has 1 aliphatic rings. The third kappa shape index (κ3) is 1.90. The third-order valence-corrected chi connectivity index (χ3v) is 5.60. The van der Waals surface area contributed by atoms with Crippen molar-refractivity contribution < 1.29 is 4.79 Å². The molecule has 3 nitrogen and oxygen atoms in total. The highest BCUT2D eigenvalue weighted by molar-refractivity contribution is 8.02. The number of carbonyl (C=O) groups is 1. The average Bonchev–Trinajstić information content (AvgIpc) is 3.00. The predicted molar refractivity (Wildman–Crippen MR) is 83.3 cm³/mol. The lowest BCUT2D eigenvalue weighted by Gasteiger charge is -2.04. The van der Waals surface area contributed by atoms with Crippen LogP contribution in [0.4, 0.5) is 5.69 Å². The molecule has 1 aliphatic heterocycles. The molecule has 3 aromatic rings. The number of hydrogen-bond donors (Lipinski definition) is 1. The predicted octanol–water partition coefficient (Wildman–Crippen LogP) is 4.08. The number of carbonyl (C=O) groups excluding carboxylic acids is 1. The highest BCUT2D eigenvalue weighted by atomic mass is 32.2. The summed E-state index contributed by atoms with van der Waals surface area (Å²) in [7, 11) is 0. The number of nitrogens with one attached hydrogen (secondary N) is 1. The van der Waals surface area contributed by atoms with Gasteiger partial charge >= 0.3 is 0 Å². The molecule has 0 aliphatic carbocycles. The van der Waals surface area contributed by atoms with Crippen molar-refractivity contribution >= 4 is 44.9 Å². The number of thiazole rings is 1. The zero-order valence-corrected chi connectivity index (χ0v) is 12.0. The molecule has 0 fully saturated rings. The lowest BCUT2D eigenvalue weighted by molar-refractivity contribution is -0.115. The number of thioether (sulfide) groups is 1. The van der Waals surface area contributed by atoms with Crippen molar-refractivity contribution in [3.8, 4) is 0 Å². The van der Waals surface area contributed by atoms with Gasteiger partial charge in [-0.1, -0.05) is 42.1 Å². The van der Waals surface area contributed by atoms with E-state index in [0.29, 0.717) is 0 Å². The number of aromatic nitrogens is 1.